The molecule has 0 amide bonds. The summed E-state index contributed by atoms with van der Waals surface area (Å²) in [6.45, 7) is 11.1. The van der Waals surface area contributed by atoms with Crippen LogP contribution in [0.25, 0.3) is 0 Å². The Morgan fingerprint density at radius 3 is 2.52 bits per heavy atom. The second-order valence-corrected chi connectivity index (χ2v) is 5.79. The molecule has 0 bridgehead atoms. The normalized spacial score (nSPS) is 16.4. The summed E-state index contributed by atoms with van der Waals surface area (Å²) in [6.07, 6.45) is 0. The lowest BCUT2D eigenvalue weighted by atomic mass is 10.1. The van der Waals surface area contributed by atoms with E-state index < -0.39 is 0 Å². The number of hydrogen-bond donors (Lipinski definition) is 0. The standard InChI is InChI=1S/C16H22N4O/c1-12-4-5-13(2)15(10-12)20-8-6-19(7-9-20)11-16-17-14(3)18-21-16/h4-5,10H,6-9,11H2,1-3H3. The van der Waals surface area contributed by atoms with Crippen molar-refractivity contribution in [3.8, 4) is 0 Å². The van der Waals surface area contributed by atoms with Crippen molar-refractivity contribution in [2.24, 2.45) is 0 Å². The molecular formula is C16H22N4O. The number of nitrogens with zero attached hydrogens (tertiary/aromatic N) is 4. The van der Waals surface area contributed by atoms with E-state index in [1.165, 1.54) is 16.8 Å². The van der Waals surface area contributed by atoms with Crippen LogP contribution in [0.3, 0.4) is 0 Å². The molecule has 21 heavy (non-hydrogen) atoms. The highest BCUT2D eigenvalue weighted by Gasteiger charge is 2.20. The molecule has 1 aliphatic heterocycles. The molecule has 2 heterocycles. The second-order valence-electron chi connectivity index (χ2n) is 5.79. The zero-order valence-corrected chi connectivity index (χ0v) is 13.0. The van der Waals surface area contributed by atoms with Gasteiger partial charge in [0, 0.05) is 31.9 Å². The van der Waals surface area contributed by atoms with Gasteiger partial charge in [-0.2, -0.15) is 4.98 Å². The predicted octanol–water partition coefficient (Wildman–Crippen LogP) is 2.32. The molecule has 3 rings (SSSR count). The van der Waals surface area contributed by atoms with Crippen LogP contribution >= 0.6 is 0 Å². The molecule has 1 aromatic carbocycles. The van der Waals surface area contributed by atoms with Crippen LogP contribution in [0.5, 0.6) is 0 Å². The summed E-state index contributed by atoms with van der Waals surface area (Å²) in [5, 5.41) is 3.84. The number of hydrogen-bond acceptors (Lipinski definition) is 5. The first-order chi connectivity index (χ1) is 10.1. The van der Waals surface area contributed by atoms with Crippen molar-refractivity contribution in [2.75, 3.05) is 31.1 Å². The highest BCUT2D eigenvalue weighted by Crippen LogP contribution is 2.23. The van der Waals surface area contributed by atoms with E-state index in [4.69, 9.17) is 4.52 Å². The van der Waals surface area contributed by atoms with Crippen LogP contribution in [0, 0.1) is 20.8 Å². The molecule has 0 aliphatic carbocycles. The lowest BCUT2D eigenvalue weighted by molar-refractivity contribution is 0.215. The van der Waals surface area contributed by atoms with Gasteiger partial charge >= 0.3 is 0 Å². The van der Waals surface area contributed by atoms with Gasteiger partial charge in [-0.1, -0.05) is 17.3 Å². The Labute approximate surface area is 125 Å². The summed E-state index contributed by atoms with van der Waals surface area (Å²) in [6, 6.07) is 6.66. The summed E-state index contributed by atoms with van der Waals surface area (Å²) in [5.41, 5.74) is 4.03. The maximum Gasteiger partial charge on any atom is 0.240 e. The van der Waals surface area contributed by atoms with E-state index in [-0.39, 0.29) is 0 Å². The topological polar surface area (TPSA) is 45.4 Å². The predicted molar refractivity (Wildman–Crippen MR) is 82.4 cm³/mol. The van der Waals surface area contributed by atoms with Gasteiger partial charge in [-0.25, -0.2) is 0 Å². The summed E-state index contributed by atoms with van der Waals surface area (Å²) in [5.74, 6) is 1.42. The third-order valence-electron chi connectivity index (χ3n) is 4.01. The number of aromatic nitrogens is 2. The maximum atomic E-state index is 5.20. The molecule has 0 radical (unpaired) electrons. The Morgan fingerprint density at radius 2 is 1.86 bits per heavy atom. The molecule has 1 saturated heterocycles. The van der Waals surface area contributed by atoms with Gasteiger partial charge in [0.1, 0.15) is 0 Å². The number of anilines is 1. The number of piperazine rings is 1. The fraction of sp³-hybridized carbons (Fsp3) is 0.500. The summed E-state index contributed by atoms with van der Waals surface area (Å²) < 4.78 is 5.20. The minimum absolute atomic E-state index is 0.707. The van der Waals surface area contributed by atoms with Gasteiger partial charge in [0.25, 0.3) is 0 Å². The molecule has 1 aromatic heterocycles. The van der Waals surface area contributed by atoms with Crippen LogP contribution in [-0.4, -0.2) is 41.2 Å². The van der Waals surface area contributed by atoms with Crippen molar-refractivity contribution in [3.05, 3.63) is 41.0 Å². The average Bonchev–Trinajstić information content (AvgIpc) is 2.88. The fourth-order valence-electron chi connectivity index (χ4n) is 2.80. The van der Waals surface area contributed by atoms with Crippen molar-refractivity contribution < 1.29 is 4.52 Å². The first-order valence-corrected chi connectivity index (χ1v) is 7.45. The number of aryl methyl sites for hydroxylation is 3. The van der Waals surface area contributed by atoms with Gasteiger partial charge in [0.15, 0.2) is 5.82 Å². The molecule has 0 unspecified atom stereocenters. The monoisotopic (exact) mass is 286 g/mol. The molecule has 2 aromatic rings. The quantitative estimate of drug-likeness (QED) is 0.866. The number of benzene rings is 1. The Kier molecular flexibility index (Phi) is 3.92. The second kappa shape index (κ2) is 5.85. The van der Waals surface area contributed by atoms with Crippen LogP contribution in [0.1, 0.15) is 22.8 Å². The van der Waals surface area contributed by atoms with Gasteiger partial charge in [0.05, 0.1) is 6.54 Å². The van der Waals surface area contributed by atoms with Crippen LogP contribution in [-0.2, 0) is 6.54 Å². The minimum atomic E-state index is 0.707. The number of rotatable bonds is 3. The molecule has 0 spiro atoms. The average molecular weight is 286 g/mol. The van der Waals surface area contributed by atoms with E-state index in [1.807, 2.05) is 6.92 Å². The van der Waals surface area contributed by atoms with E-state index in [0.717, 1.165) is 32.7 Å². The third-order valence-corrected chi connectivity index (χ3v) is 4.01. The van der Waals surface area contributed by atoms with Gasteiger partial charge in [-0.05, 0) is 38.0 Å². The maximum absolute atomic E-state index is 5.20. The van der Waals surface area contributed by atoms with Gasteiger partial charge in [0.2, 0.25) is 5.89 Å². The van der Waals surface area contributed by atoms with Crippen LogP contribution in [0.15, 0.2) is 22.7 Å². The van der Waals surface area contributed by atoms with E-state index in [0.29, 0.717) is 11.7 Å². The molecule has 0 saturated carbocycles. The zero-order chi connectivity index (χ0) is 14.8. The third kappa shape index (κ3) is 3.24. The Bertz CT molecular complexity index is 614. The summed E-state index contributed by atoms with van der Waals surface area (Å²) in [4.78, 5) is 9.11. The zero-order valence-electron chi connectivity index (χ0n) is 13.0. The molecule has 112 valence electrons. The van der Waals surface area contributed by atoms with Gasteiger partial charge in [-0.15, -0.1) is 0 Å². The van der Waals surface area contributed by atoms with Crippen LogP contribution in [0.4, 0.5) is 5.69 Å². The SMILES string of the molecule is Cc1ccc(C)c(N2CCN(Cc3nc(C)no3)CC2)c1. The Hall–Kier alpha value is -1.88. The molecular weight excluding hydrogens is 264 g/mol. The van der Waals surface area contributed by atoms with E-state index in [2.05, 4.69) is 52.0 Å². The Balaban J connectivity index is 1.61. The van der Waals surface area contributed by atoms with E-state index in [1.54, 1.807) is 0 Å². The van der Waals surface area contributed by atoms with Crippen molar-refractivity contribution in [3.63, 3.8) is 0 Å². The lowest BCUT2D eigenvalue weighted by Gasteiger charge is -2.36. The highest BCUT2D eigenvalue weighted by molar-refractivity contribution is 5.55. The highest BCUT2D eigenvalue weighted by atomic mass is 16.5. The van der Waals surface area contributed by atoms with Crippen molar-refractivity contribution >= 4 is 5.69 Å². The van der Waals surface area contributed by atoms with Crippen molar-refractivity contribution in [2.45, 2.75) is 27.3 Å². The van der Waals surface area contributed by atoms with Gasteiger partial charge in [-0.3, -0.25) is 4.90 Å². The first kappa shape index (κ1) is 14.1. The summed E-state index contributed by atoms with van der Waals surface area (Å²) >= 11 is 0. The largest absolute Gasteiger partial charge is 0.369 e. The van der Waals surface area contributed by atoms with E-state index in [9.17, 15) is 0 Å². The van der Waals surface area contributed by atoms with E-state index >= 15 is 0 Å². The first-order valence-electron chi connectivity index (χ1n) is 7.45. The molecule has 1 fully saturated rings. The van der Waals surface area contributed by atoms with Gasteiger partial charge < -0.3 is 9.42 Å². The minimum Gasteiger partial charge on any atom is -0.369 e. The summed E-state index contributed by atoms with van der Waals surface area (Å²) in [7, 11) is 0. The molecule has 5 nitrogen and oxygen atoms in total. The molecule has 5 heteroatoms. The van der Waals surface area contributed by atoms with Crippen LogP contribution < -0.4 is 4.90 Å². The van der Waals surface area contributed by atoms with Crippen molar-refractivity contribution in [1.82, 2.24) is 15.0 Å². The fourth-order valence-corrected chi connectivity index (χ4v) is 2.80. The lowest BCUT2D eigenvalue weighted by Crippen LogP contribution is -2.46. The molecule has 0 atom stereocenters. The molecule has 1 aliphatic rings. The Morgan fingerprint density at radius 1 is 1.10 bits per heavy atom. The van der Waals surface area contributed by atoms with Crippen LogP contribution in [0.2, 0.25) is 0 Å². The molecule has 0 N–H and O–H groups in total. The van der Waals surface area contributed by atoms with Crippen molar-refractivity contribution in [1.29, 1.82) is 0 Å². The smallest absolute Gasteiger partial charge is 0.240 e.